The number of rotatable bonds is 7. The summed E-state index contributed by atoms with van der Waals surface area (Å²) in [5.74, 6) is -0.797. The molecule has 1 heterocycles. The van der Waals surface area contributed by atoms with Crippen molar-refractivity contribution in [2.45, 2.75) is 45.2 Å². The van der Waals surface area contributed by atoms with Crippen LogP contribution in [-0.2, 0) is 0 Å². The molecule has 1 amide bonds. The average Bonchev–Trinajstić information content (AvgIpc) is 2.45. The second-order valence-corrected chi connectivity index (χ2v) is 5.26. The Morgan fingerprint density at radius 2 is 2.32 bits per heavy atom. The van der Waals surface area contributed by atoms with Gasteiger partial charge in [-0.2, -0.15) is 5.26 Å². The van der Waals surface area contributed by atoms with Gasteiger partial charge in [-0.25, -0.2) is 14.2 Å². The highest BCUT2D eigenvalue weighted by Gasteiger charge is 2.21. The van der Waals surface area contributed by atoms with Crippen LogP contribution in [0.25, 0.3) is 0 Å². The van der Waals surface area contributed by atoms with Crippen molar-refractivity contribution < 1.29 is 14.3 Å². The van der Waals surface area contributed by atoms with Crippen LogP contribution < -0.4 is 10.6 Å². The molecule has 3 N–H and O–H groups in total. The molecule has 120 valence electrons. The molecule has 0 radical (unpaired) electrons. The number of halogens is 2. The second-order valence-electron chi connectivity index (χ2n) is 4.90. The number of carboxylic acid groups (broad SMARTS) is 1. The summed E-state index contributed by atoms with van der Waals surface area (Å²) in [7, 11) is 0. The molecule has 0 aliphatic heterocycles. The third-order valence-electron chi connectivity index (χ3n) is 3.20. The van der Waals surface area contributed by atoms with Crippen LogP contribution in [0.5, 0.6) is 0 Å². The van der Waals surface area contributed by atoms with Crippen LogP contribution in [-0.4, -0.2) is 28.3 Å². The Balaban J connectivity index is 2.96. The molecule has 0 aliphatic carbocycles. The predicted octanol–water partition coefficient (Wildman–Crippen LogP) is 3.37. The molecule has 0 spiro atoms. The van der Waals surface area contributed by atoms with Gasteiger partial charge in [-0.3, -0.25) is 0 Å². The fourth-order valence-electron chi connectivity index (χ4n) is 1.99. The smallest absolute Gasteiger partial charge is 0.404 e. The lowest BCUT2D eigenvalue weighted by molar-refractivity contribution is 0.189. The van der Waals surface area contributed by atoms with E-state index < -0.39 is 18.0 Å². The molecule has 8 heteroatoms. The van der Waals surface area contributed by atoms with Crippen molar-refractivity contribution in [1.82, 2.24) is 10.3 Å². The molecule has 1 aromatic heterocycles. The van der Waals surface area contributed by atoms with Crippen molar-refractivity contribution in [2.75, 3.05) is 5.32 Å². The Labute approximate surface area is 133 Å². The van der Waals surface area contributed by atoms with Gasteiger partial charge in [0.1, 0.15) is 11.2 Å². The first-order valence-electron chi connectivity index (χ1n) is 6.91. The molecular formula is C14H18ClFN4O2. The number of carbonyl (C=O) groups is 1. The number of hydrogen-bond acceptors (Lipinski definition) is 4. The second kappa shape index (κ2) is 8.39. The van der Waals surface area contributed by atoms with Crippen molar-refractivity contribution in [2.24, 2.45) is 0 Å². The molecule has 0 fully saturated rings. The Morgan fingerprint density at radius 1 is 1.64 bits per heavy atom. The van der Waals surface area contributed by atoms with Crippen LogP contribution in [0.15, 0.2) is 6.07 Å². The van der Waals surface area contributed by atoms with E-state index in [1.165, 1.54) is 0 Å². The van der Waals surface area contributed by atoms with Crippen LogP contribution >= 0.6 is 11.6 Å². The lowest BCUT2D eigenvalue weighted by atomic mass is 10.0. The number of nitrogens with one attached hydrogen (secondary N) is 2. The van der Waals surface area contributed by atoms with E-state index in [0.29, 0.717) is 6.42 Å². The average molecular weight is 329 g/mol. The van der Waals surface area contributed by atoms with Crippen LogP contribution in [0, 0.1) is 17.1 Å². The summed E-state index contributed by atoms with van der Waals surface area (Å²) < 4.78 is 14.0. The summed E-state index contributed by atoms with van der Waals surface area (Å²) in [5.41, 5.74) is -0.0495. The lowest BCUT2D eigenvalue weighted by Crippen LogP contribution is -2.44. The van der Waals surface area contributed by atoms with E-state index in [1.54, 1.807) is 13.0 Å². The molecule has 1 rings (SSSR count). The first-order chi connectivity index (χ1) is 10.4. The number of aromatic nitrogens is 1. The standard InChI is InChI=1S/C14H18ClFN4O2/c1-3-4-5-11(8(2)18-14(21)22)19-13-10(16)6-9(7-17)12(15)20-13/h6,8,11,18H,3-5H2,1-2H3,(H,19,20)(H,21,22)/t8-,11-/m0/s1. The number of pyridine rings is 1. The van der Waals surface area contributed by atoms with E-state index in [9.17, 15) is 9.18 Å². The van der Waals surface area contributed by atoms with Crippen molar-refractivity contribution in [3.05, 3.63) is 22.6 Å². The summed E-state index contributed by atoms with van der Waals surface area (Å²) in [6.07, 6.45) is 1.25. The monoisotopic (exact) mass is 328 g/mol. The molecule has 2 atom stereocenters. The van der Waals surface area contributed by atoms with E-state index in [1.807, 2.05) is 6.92 Å². The molecule has 0 unspecified atom stereocenters. The zero-order chi connectivity index (χ0) is 16.7. The van der Waals surface area contributed by atoms with Gasteiger partial charge in [-0.1, -0.05) is 31.4 Å². The predicted molar refractivity (Wildman–Crippen MR) is 81.5 cm³/mol. The highest BCUT2D eigenvalue weighted by atomic mass is 35.5. The van der Waals surface area contributed by atoms with E-state index in [0.717, 1.165) is 18.9 Å². The molecule has 0 saturated heterocycles. The van der Waals surface area contributed by atoms with Gasteiger partial charge in [-0.15, -0.1) is 0 Å². The minimum absolute atomic E-state index is 0.0495. The maximum absolute atomic E-state index is 14.0. The number of nitrogens with zero attached hydrogens (tertiary/aromatic N) is 2. The quantitative estimate of drug-likeness (QED) is 0.666. The van der Waals surface area contributed by atoms with Gasteiger partial charge in [0.2, 0.25) is 0 Å². The summed E-state index contributed by atoms with van der Waals surface area (Å²) in [6.45, 7) is 3.69. The topological polar surface area (TPSA) is 98.0 Å². The number of hydrogen-bond donors (Lipinski definition) is 3. The van der Waals surface area contributed by atoms with E-state index in [-0.39, 0.29) is 22.6 Å². The van der Waals surface area contributed by atoms with Crippen molar-refractivity contribution in [1.29, 1.82) is 5.26 Å². The van der Waals surface area contributed by atoms with Gasteiger partial charge in [0, 0.05) is 12.1 Å². The number of anilines is 1. The fourth-order valence-corrected chi connectivity index (χ4v) is 2.17. The largest absolute Gasteiger partial charge is 0.465 e. The molecular weight excluding hydrogens is 311 g/mol. The molecule has 0 aliphatic rings. The van der Waals surface area contributed by atoms with E-state index >= 15 is 0 Å². The summed E-state index contributed by atoms with van der Waals surface area (Å²) in [4.78, 5) is 14.6. The Bertz CT molecular complexity index is 577. The number of nitriles is 1. The summed E-state index contributed by atoms with van der Waals surface area (Å²) >= 11 is 5.80. The summed E-state index contributed by atoms with van der Waals surface area (Å²) in [5, 5.41) is 22.7. The van der Waals surface area contributed by atoms with Crippen molar-refractivity contribution in [3.8, 4) is 6.07 Å². The lowest BCUT2D eigenvalue weighted by Gasteiger charge is -2.25. The van der Waals surface area contributed by atoms with Gasteiger partial charge in [0.15, 0.2) is 11.6 Å². The van der Waals surface area contributed by atoms with Crippen LogP contribution in [0.3, 0.4) is 0 Å². The van der Waals surface area contributed by atoms with E-state index in [2.05, 4.69) is 15.6 Å². The highest BCUT2D eigenvalue weighted by Crippen LogP contribution is 2.21. The minimum atomic E-state index is -1.15. The van der Waals surface area contributed by atoms with Crippen LogP contribution in [0.1, 0.15) is 38.7 Å². The molecule has 0 bridgehead atoms. The van der Waals surface area contributed by atoms with Crippen molar-refractivity contribution >= 4 is 23.5 Å². The maximum atomic E-state index is 14.0. The van der Waals surface area contributed by atoms with Gasteiger partial charge in [0.05, 0.1) is 5.56 Å². The first-order valence-corrected chi connectivity index (χ1v) is 7.29. The fraction of sp³-hybridized carbons (Fsp3) is 0.500. The Morgan fingerprint density at radius 3 is 2.86 bits per heavy atom. The van der Waals surface area contributed by atoms with Crippen LogP contribution in [0.2, 0.25) is 5.15 Å². The van der Waals surface area contributed by atoms with Gasteiger partial charge in [-0.05, 0) is 19.4 Å². The van der Waals surface area contributed by atoms with Gasteiger partial charge in [0.25, 0.3) is 0 Å². The van der Waals surface area contributed by atoms with Crippen LogP contribution in [0.4, 0.5) is 15.0 Å². The third-order valence-corrected chi connectivity index (χ3v) is 3.48. The zero-order valence-electron chi connectivity index (χ0n) is 12.4. The summed E-state index contributed by atoms with van der Waals surface area (Å²) in [6, 6.07) is 1.96. The van der Waals surface area contributed by atoms with E-state index in [4.69, 9.17) is 22.0 Å². The minimum Gasteiger partial charge on any atom is -0.465 e. The number of amides is 1. The maximum Gasteiger partial charge on any atom is 0.404 e. The normalized spacial score (nSPS) is 13.0. The molecule has 0 saturated carbocycles. The zero-order valence-corrected chi connectivity index (χ0v) is 13.1. The molecule has 0 aromatic carbocycles. The molecule has 22 heavy (non-hydrogen) atoms. The first kappa shape index (κ1) is 18.0. The third kappa shape index (κ3) is 5.04. The number of unbranched alkanes of at least 4 members (excludes halogenated alkanes) is 1. The molecule has 1 aromatic rings. The Hall–Kier alpha value is -2.07. The Kier molecular flexibility index (Phi) is 6.86. The van der Waals surface area contributed by atoms with Crippen molar-refractivity contribution in [3.63, 3.8) is 0 Å². The highest BCUT2D eigenvalue weighted by molar-refractivity contribution is 6.30. The van der Waals surface area contributed by atoms with Gasteiger partial charge >= 0.3 is 6.09 Å². The van der Waals surface area contributed by atoms with Gasteiger partial charge < -0.3 is 15.7 Å². The molecule has 6 nitrogen and oxygen atoms in total. The SMILES string of the molecule is CCCC[C@H](Nc1nc(Cl)c(C#N)cc1F)[C@H](C)NC(=O)O.